The van der Waals surface area contributed by atoms with Crippen molar-refractivity contribution in [2.45, 2.75) is 25.3 Å². The molecule has 2 heterocycles. The number of methoxy groups -OCH3 is 1. The van der Waals surface area contributed by atoms with Crippen molar-refractivity contribution in [3.05, 3.63) is 65.7 Å². The van der Waals surface area contributed by atoms with Gasteiger partial charge in [-0.15, -0.1) is 0 Å². The Kier molecular flexibility index (Phi) is 5.84. The van der Waals surface area contributed by atoms with Crippen molar-refractivity contribution in [2.75, 3.05) is 26.7 Å². The Morgan fingerprint density at radius 3 is 2.47 bits per heavy atom. The third-order valence-corrected chi connectivity index (χ3v) is 6.16. The van der Waals surface area contributed by atoms with Crippen LogP contribution in [-0.2, 0) is 4.79 Å². The highest BCUT2D eigenvalue weighted by atomic mass is 16.5. The van der Waals surface area contributed by atoms with Gasteiger partial charge >= 0.3 is 0 Å². The summed E-state index contributed by atoms with van der Waals surface area (Å²) >= 11 is 0. The van der Waals surface area contributed by atoms with Crippen molar-refractivity contribution >= 4 is 17.6 Å². The monoisotopic (exact) mass is 406 g/mol. The van der Waals surface area contributed by atoms with Crippen LogP contribution in [0.1, 0.15) is 40.0 Å². The van der Waals surface area contributed by atoms with Gasteiger partial charge in [0.1, 0.15) is 5.75 Å². The highest BCUT2D eigenvalue weighted by Crippen LogP contribution is 2.32. The smallest absolute Gasteiger partial charge is 0.295 e. The van der Waals surface area contributed by atoms with E-state index in [0.717, 1.165) is 12.8 Å². The van der Waals surface area contributed by atoms with Crippen LogP contribution >= 0.6 is 0 Å². The molecule has 2 aromatic rings. The Labute approximate surface area is 176 Å². The van der Waals surface area contributed by atoms with Crippen LogP contribution < -0.4 is 4.74 Å². The van der Waals surface area contributed by atoms with Crippen LogP contribution in [0.5, 0.6) is 5.75 Å². The Hall–Kier alpha value is -3.15. The molecule has 0 spiro atoms. The van der Waals surface area contributed by atoms with E-state index in [2.05, 4.69) is 0 Å². The van der Waals surface area contributed by atoms with Gasteiger partial charge in [0.15, 0.2) is 0 Å². The average Bonchev–Trinajstić information content (AvgIpc) is 2.82. The van der Waals surface area contributed by atoms with Gasteiger partial charge in [-0.05, 0) is 43.4 Å². The molecule has 2 aromatic carbocycles. The first-order chi connectivity index (χ1) is 14.6. The molecule has 0 aromatic heterocycles. The summed E-state index contributed by atoms with van der Waals surface area (Å²) in [5.41, 5.74) is 1.03. The molecular weight excluding hydrogens is 380 g/mol. The number of ketones is 1. The number of ether oxygens (including phenoxy) is 1. The van der Waals surface area contributed by atoms with E-state index in [1.807, 2.05) is 23.1 Å². The standard InChI is InChI=1S/C24H26N2O4/c1-30-20-11-5-9-18(15-20)23(28)25-14-12-21-19(16-25)10-6-13-26(21)24(29)22(27)17-7-3-2-4-8-17/h2-5,7-9,11,15,19,21H,6,10,12-14,16H2,1H3/t19-,21-/m0/s1. The fourth-order valence-corrected chi connectivity index (χ4v) is 4.62. The number of nitrogens with zero attached hydrogens (tertiary/aromatic N) is 2. The Morgan fingerprint density at radius 2 is 1.70 bits per heavy atom. The fourth-order valence-electron chi connectivity index (χ4n) is 4.62. The minimum absolute atomic E-state index is 0.00766. The maximum atomic E-state index is 13.0. The van der Waals surface area contributed by atoms with Gasteiger partial charge in [0.2, 0.25) is 5.78 Å². The first-order valence-corrected chi connectivity index (χ1v) is 10.4. The lowest BCUT2D eigenvalue weighted by atomic mass is 9.83. The molecule has 156 valence electrons. The Bertz CT molecular complexity index is 943. The lowest BCUT2D eigenvalue weighted by molar-refractivity contribution is -0.133. The minimum Gasteiger partial charge on any atom is -0.497 e. The van der Waals surface area contributed by atoms with Crippen LogP contribution in [0.4, 0.5) is 0 Å². The number of hydrogen-bond donors (Lipinski definition) is 0. The predicted molar refractivity (Wildman–Crippen MR) is 113 cm³/mol. The number of piperidine rings is 2. The second-order valence-electron chi connectivity index (χ2n) is 7.94. The molecule has 0 bridgehead atoms. The number of carbonyl (C=O) groups is 3. The van der Waals surface area contributed by atoms with Gasteiger partial charge in [-0.25, -0.2) is 0 Å². The van der Waals surface area contributed by atoms with Gasteiger partial charge in [0.25, 0.3) is 11.8 Å². The molecule has 2 saturated heterocycles. The van der Waals surface area contributed by atoms with Crippen molar-refractivity contribution in [1.82, 2.24) is 9.80 Å². The van der Waals surface area contributed by atoms with Gasteiger partial charge in [-0.2, -0.15) is 0 Å². The maximum absolute atomic E-state index is 13.0. The Morgan fingerprint density at radius 1 is 0.933 bits per heavy atom. The second-order valence-corrected chi connectivity index (χ2v) is 7.94. The van der Waals surface area contributed by atoms with E-state index < -0.39 is 11.7 Å². The number of likely N-dealkylation sites (tertiary alicyclic amines) is 2. The van der Waals surface area contributed by atoms with Gasteiger partial charge in [-0.1, -0.05) is 36.4 Å². The van der Waals surface area contributed by atoms with Crippen LogP contribution in [-0.4, -0.2) is 60.2 Å². The summed E-state index contributed by atoms with van der Waals surface area (Å²) in [5.74, 6) is -0.0510. The molecule has 0 saturated carbocycles. The largest absolute Gasteiger partial charge is 0.497 e. The summed E-state index contributed by atoms with van der Waals surface area (Å²) in [6, 6.07) is 15.9. The summed E-state index contributed by atoms with van der Waals surface area (Å²) in [5, 5.41) is 0. The number of benzene rings is 2. The van der Waals surface area contributed by atoms with Gasteiger partial charge in [-0.3, -0.25) is 14.4 Å². The first-order valence-electron chi connectivity index (χ1n) is 10.4. The van der Waals surface area contributed by atoms with Crippen LogP contribution in [0.25, 0.3) is 0 Å². The molecule has 2 fully saturated rings. The highest BCUT2D eigenvalue weighted by Gasteiger charge is 2.41. The number of fused-ring (bicyclic) bond motifs is 1. The topological polar surface area (TPSA) is 66.9 Å². The Balaban J connectivity index is 1.46. The number of amides is 2. The SMILES string of the molecule is COc1cccc(C(=O)N2CC[C@H]3[C@@H](CCCN3C(=O)C(=O)c3ccccc3)C2)c1. The molecule has 0 radical (unpaired) electrons. The van der Waals surface area contributed by atoms with E-state index in [1.165, 1.54) is 0 Å². The third-order valence-electron chi connectivity index (χ3n) is 6.16. The molecule has 2 atom stereocenters. The molecule has 0 N–H and O–H groups in total. The molecule has 4 rings (SSSR count). The van der Waals surface area contributed by atoms with E-state index in [9.17, 15) is 14.4 Å². The van der Waals surface area contributed by atoms with Crippen molar-refractivity contribution in [1.29, 1.82) is 0 Å². The number of carbonyl (C=O) groups excluding carboxylic acids is 3. The lowest BCUT2D eigenvalue weighted by Gasteiger charge is -2.47. The van der Waals surface area contributed by atoms with E-state index in [4.69, 9.17) is 4.74 Å². The molecular formula is C24H26N2O4. The fraction of sp³-hybridized carbons (Fsp3) is 0.375. The van der Waals surface area contributed by atoms with Crippen molar-refractivity contribution < 1.29 is 19.1 Å². The first kappa shape index (κ1) is 20.1. The molecule has 6 heteroatoms. The summed E-state index contributed by atoms with van der Waals surface area (Å²) in [4.78, 5) is 42.2. The lowest BCUT2D eigenvalue weighted by Crippen LogP contribution is -2.57. The summed E-state index contributed by atoms with van der Waals surface area (Å²) in [6.45, 7) is 1.77. The molecule has 0 aliphatic carbocycles. The van der Waals surface area contributed by atoms with E-state index >= 15 is 0 Å². The van der Waals surface area contributed by atoms with Crippen LogP contribution in [0.15, 0.2) is 54.6 Å². The number of Topliss-reactive ketones (excluding diaryl/α,β-unsaturated/α-hetero) is 1. The third kappa shape index (κ3) is 3.95. The molecule has 2 aliphatic heterocycles. The quantitative estimate of drug-likeness (QED) is 0.578. The summed E-state index contributed by atoms with van der Waals surface area (Å²) < 4.78 is 5.23. The summed E-state index contributed by atoms with van der Waals surface area (Å²) in [6.07, 6.45) is 2.49. The van der Waals surface area contributed by atoms with Crippen molar-refractivity contribution in [3.8, 4) is 5.75 Å². The average molecular weight is 406 g/mol. The molecule has 2 aliphatic rings. The van der Waals surface area contributed by atoms with Crippen LogP contribution in [0.3, 0.4) is 0 Å². The van der Waals surface area contributed by atoms with Gasteiger partial charge in [0, 0.05) is 36.8 Å². The normalized spacial score (nSPS) is 21.0. The zero-order valence-electron chi connectivity index (χ0n) is 17.1. The second kappa shape index (κ2) is 8.69. The van der Waals surface area contributed by atoms with E-state index in [-0.39, 0.29) is 17.9 Å². The van der Waals surface area contributed by atoms with Gasteiger partial charge in [0.05, 0.1) is 7.11 Å². The molecule has 0 unspecified atom stereocenters. The van der Waals surface area contributed by atoms with Crippen molar-refractivity contribution in [3.63, 3.8) is 0 Å². The van der Waals surface area contributed by atoms with Gasteiger partial charge < -0.3 is 14.5 Å². The number of rotatable bonds is 4. The van der Waals surface area contributed by atoms with E-state index in [1.54, 1.807) is 48.4 Å². The van der Waals surface area contributed by atoms with E-state index in [0.29, 0.717) is 42.9 Å². The summed E-state index contributed by atoms with van der Waals surface area (Å²) in [7, 11) is 1.58. The zero-order chi connectivity index (χ0) is 21.1. The van der Waals surface area contributed by atoms with Crippen LogP contribution in [0.2, 0.25) is 0 Å². The maximum Gasteiger partial charge on any atom is 0.295 e. The molecule has 2 amide bonds. The minimum atomic E-state index is -0.453. The molecule has 6 nitrogen and oxygen atoms in total. The molecule has 30 heavy (non-hydrogen) atoms. The predicted octanol–water partition coefficient (Wildman–Crippen LogP) is 3.03. The zero-order valence-corrected chi connectivity index (χ0v) is 17.1. The van der Waals surface area contributed by atoms with Crippen LogP contribution in [0, 0.1) is 5.92 Å². The highest BCUT2D eigenvalue weighted by molar-refractivity contribution is 6.42. The number of hydrogen-bond acceptors (Lipinski definition) is 4. The van der Waals surface area contributed by atoms with Crippen molar-refractivity contribution in [2.24, 2.45) is 5.92 Å².